The zero-order valence-electron chi connectivity index (χ0n) is 28.4. The number of hydrogen-bond donors (Lipinski definition) is 0. The van der Waals surface area contributed by atoms with E-state index in [0.717, 1.165) is 34.1 Å². The van der Waals surface area contributed by atoms with Gasteiger partial charge in [-0.2, -0.15) is 0 Å². The Bertz CT molecular complexity index is 3240. The second kappa shape index (κ2) is 11.5. The van der Waals surface area contributed by atoms with Crippen LogP contribution in [0.25, 0.3) is 106 Å². The van der Waals surface area contributed by atoms with Crippen molar-refractivity contribution < 1.29 is 0 Å². The molecule has 3 aromatic heterocycles. The number of aryl methyl sites for hydroxylation is 1. The van der Waals surface area contributed by atoms with Crippen LogP contribution in [0, 0.1) is 0 Å². The van der Waals surface area contributed by atoms with Gasteiger partial charge < -0.3 is 0 Å². The summed E-state index contributed by atoms with van der Waals surface area (Å²) in [6.45, 7) is 2.20. The van der Waals surface area contributed by atoms with Crippen molar-refractivity contribution >= 4 is 95.6 Å². The molecule has 0 aliphatic carbocycles. The van der Waals surface area contributed by atoms with Gasteiger partial charge in [0.15, 0.2) is 0 Å². The highest BCUT2D eigenvalue weighted by Crippen LogP contribution is 2.47. The third kappa shape index (κ3) is 4.41. The molecule has 8 aromatic carbocycles. The highest BCUT2D eigenvalue weighted by Gasteiger charge is 2.18. The number of thiophene rings is 2. The summed E-state index contributed by atoms with van der Waals surface area (Å²) in [7, 11) is 0. The van der Waals surface area contributed by atoms with Crippen molar-refractivity contribution in [1.82, 2.24) is 9.97 Å². The quantitative estimate of drug-likeness (QED) is 0.171. The van der Waals surface area contributed by atoms with E-state index in [-0.39, 0.29) is 0 Å². The van der Waals surface area contributed by atoms with Gasteiger partial charge in [0.05, 0.1) is 22.9 Å². The Morgan fingerprint density at radius 1 is 0.442 bits per heavy atom. The molecule has 11 rings (SSSR count). The Kier molecular flexibility index (Phi) is 6.60. The first-order chi connectivity index (χ1) is 25.7. The molecule has 0 fully saturated rings. The minimum Gasteiger partial charge on any atom is -0.252 e. The maximum Gasteiger partial charge on any atom is 0.0979 e. The first-order valence-electron chi connectivity index (χ1n) is 17.8. The second-order valence-corrected chi connectivity index (χ2v) is 15.6. The Hall–Kier alpha value is -5.94. The van der Waals surface area contributed by atoms with Crippen molar-refractivity contribution in [3.63, 3.8) is 0 Å². The van der Waals surface area contributed by atoms with E-state index in [2.05, 4.69) is 153 Å². The van der Waals surface area contributed by atoms with Crippen LogP contribution in [0.2, 0.25) is 0 Å². The number of benzene rings is 8. The lowest BCUT2D eigenvalue weighted by molar-refractivity contribution is 1.15. The van der Waals surface area contributed by atoms with E-state index in [1.54, 1.807) is 0 Å². The molecule has 0 saturated heterocycles. The highest BCUT2D eigenvalue weighted by atomic mass is 32.1. The van der Waals surface area contributed by atoms with Crippen molar-refractivity contribution in [2.75, 3.05) is 0 Å². The summed E-state index contributed by atoms with van der Waals surface area (Å²) in [6.07, 6.45) is 2.94. The predicted molar refractivity (Wildman–Crippen MR) is 226 cm³/mol. The van der Waals surface area contributed by atoms with E-state index >= 15 is 0 Å². The fraction of sp³-hybridized carbons (Fsp3) is 0.0417. The summed E-state index contributed by atoms with van der Waals surface area (Å²) in [4.78, 5) is 10.4. The van der Waals surface area contributed by atoms with E-state index in [1.807, 2.05) is 28.9 Å². The first kappa shape index (κ1) is 29.8. The monoisotopic (exact) mass is 698 g/mol. The molecule has 0 amide bonds. The molecule has 0 bridgehead atoms. The summed E-state index contributed by atoms with van der Waals surface area (Å²) in [5.74, 6) is 0. The first-order valence-corrected chi connectivity index (χ1v) is 19.4. The minimum absolute atomic E-state index is 0.882. The Balaban J connectivity index is 1.07. The number of nitrogens with zero attached hydrogens (tertiary/aromatic N) is 2. The van der Waals surface area contributed by atoms with Crippen LogP contribution in [0.4, 0.5) is 0 Å². The number of rotatable bonds is 4. The molecule has 0 atom stereocenters. The van der Waals surface area contributed by atoms with Gasteiger partial charge in [-0.3, -0.25) is 4.98 Å². The lowest BCUT2D eigenvalue weighted by Gasteiger charge is -2.12. The van der Waals surface area contributed by atoms with Gasteiger partial charge in [-0.1, -0.05) is 134 Å². The standard InChI is InChI=1S/C48H30N2S2/c1-2-28-23-24-33-32-13-3-4-15-35(32)45-44(41(33)25-28)49-27-42(50-45)30-12-7-11-29(26-30)31-16-8-18-37-39-20-10-21-40(48(39)52-46(31)37)38-19-9-17-36-34-14-5-6-22-43(34)51-47(36)38/h3-27H,2H2,1H3. The number of fused-ring (bicyclic) bond motifs is 12. The van der Waals surface area contributed by atoms with Gasteiger partial charge in [0, 0.05) is 67.8 Å². The van der Waals surface area contributed by atoms with Gasteiger partial charge >= 0.3 is 0 Å². The van der Waals surface area contributed by atoms with Crippen LogP contribution in [0.5, 0.6) is 0 Å². The lowest BCUT2D eigenvalue weighted by atomic mass is 9.96. The number of aromatic nitrogens is 2. The summed E-state index contributed by atoms with van der Waals surface area (Å²) < 4.78 is 5.32. The Labute approximate surface area is 308 Å². The van der Waals surface area contributed by atoms with E-state index in [1.165, 1.54) is 84.3 Å². The molecule has 0 saturated carbocycles. The topological polar surface area (TPSA) is 25.8 Å². The molecule has 3 heterocycles. The molecule has 0 radical (unpaired) electrons. The smallest absolute Gasteiger partial charge is 0.0979 e. The highest BCUT2D eigenvalue weighted by molar-refractivity contribution is 7.27. The maximum atomic E-state index is 5.34. The average Bonchev–Trinajstić information content (AvgIpc) is 3.79. The Morgan fingerprint density at radius 3 is 1.83 bits per heavy atom. The van der Waals surface area contributed by atoms with Crippen LogP contribution in [0.15, 0.2) is 152 Å². The summed E-state index contributed by atoms with van der Waals surface area (Å²) in [5.41, 5.74) is 10.2. The summed E-state index contributed by atoms with van der Waals surface area (Å²) >= 11 is 3.80. The molecule has 11 aromatic rings. The average molecular weight is 699 g/mol. The van der Waals surface area contributed by atoms with Gasteiger partial charge in [0.25, 0.3) is 0 Å². The Morgan fingerprint density at radius 2 is 1.04 bits per heavy atom. The van der Waals surface area contributed by atoms with Gasteiger partial charge in [-0.05, 0) is 52.1 Å². The van der Waals surface area contributed by atoms with Crippen LogP contribution in [-0.2, 0) is 6.42 Å². The molecule has 4 heteroatoms. The molecule has 0 aliphatic heterocycles. The third-order valence-electron chi connectivity index (χ3n) is 10.7. The minimum atomic E-state index is 0.882. The van der Waals surface area contributed by atoms with E-state index in [4.69, 9.17) is 9.97 Å². The largest absolute Gasteiger partial charge is 0.252 e. The van der Waals surface area contributed by atoms with Gasteiger partial charge in [-0.15, -0.1) is 22.7 Å². The lowest BCUT2D eigenvalue weighted by Crippen LogP contribution is -1.93. The fourth-order valence-corrected chi connectivity index (χ4v) is 10.7. The van der Waals surface area contributed by atoms with Gasteiger partial charge in [-0.25, -0.2) is 4.98 Å². The van der Waals surface area contributed by atoms with E-state index in [9.17, 15) is 0 Å². The molecule has 52 heavy (non-hydrogen) atoms. The van der Waals surface area contributed by atoms with Crippen molar-refractivity contribution in [2.24, 2.45) is 0 Å². The third-order valence-corrected chi connectivity index (χ3v) is 13.2. The van der Waals surface area contributed by atoms with E-state index in [0.29, 0.717) is 0 Å². The molecule has 0 N–H and O–H groups in total. The number of hydrogen-bond acceptors (Lipinski definition) is 4. The van der Waals surface area contributed by atoms with Crippen molar-refractivity contribution in [1.29, 1.82) is 0 Å². The van der Waals surface area contributed by atoms with Crippen LogP contribution < -0.4 is 0 Å². The maximum absolute atomic E-state index is 5.34. The normalized spacial score (nSPS) is 12.0. The van der Waals surface area contributed by atoms with Crippen molar-refractivity contribution in [3.05, 3.63) is 157 Å². The molecular weight excluding hydrogens is 669 g/mol. The van der Waals surface area contributed by atoms with Gasteiger partial charge in [0.1, 0.15) is 0 Å². The van der Waals surface area contributed by atoms with Crippen LogP contribution in [-0.4, -0.2) is 9.97 Å². The van der Waals surface area contributed by atoms with Crippen molar-refractivity contribution in [3.8, 4) is 33.5 Å². The van der Waals surface area contributed by atoms with Gasteiger partial charge in [0.2, 0.25) is 0 Å². The zero-order chi connectivity index (χ0) is 34.3. The molecule has 0 aliphatic rings. The molecule has 0 unspecified atom stereocenters. The predicted octanol–water partition coefficient (Wildman–Crippen LogP) is 14.2. The molecule has 2 nitrogen and oxygen atoms in total. The SMILES string of the molecule is CCc1ccc2c3ccccc3c3nc(-c4cccc(-c5cccc6c5sc5c(-c7cccc8c7sc7ccccc78)cccc56)c4)cnc3c2c1. The zero-order valence-corrected chi connectivity index (χ0v) is 30.0. The molecular formula is C48H30N2S2. The van der Waals surface area contributed by atoms with Crippen LogP contribution in [0.3, 0.4) is 0 Å². The van der Waals surface area contributed by atoms with Crippen molar-refractivity contribution in [2.45, 2.75) is 13.3 Å². The molecule has 0 spiro atoms. The summed E-state index contributed by atoms with van der Waals surface area (Å²) in [6, 6.07) is 53.3. The molecule has 244 valence electrons. The van der Waals surface area contributed by atoms with E-state index < -0.39 is 0 Å². The summed E-state index contributed by atoms with van der Waals surface area (Å²) in [5, 5.41) is 10.0. The fourth-order valence-electron chi connectivity index (χ4n) is 8.14. The second-order valence-electron chi connectivity index (χ2n) is 13.6. The van der Waals surface area contributed by atoms with Crippen LogP contribution in [0.1, 0.15) is 12.5 Å². The van der Waals surface area contributed by atoms with Crippen LogP contribution >= 0.6 is 22.7 Å².